The number of methoxy groups -OCH3 is 1. The first-order valence-electron chi connectivity index (χ1n) is 7.04. The summed E-state index contributed by atoms with van der Waals surface area (Å²) in [6, 6.07) is 2.19. The maximum Gasteiger partial charge on any atom is 0.137 e. The standard InChI is InChI=1S/C15H26N2O2/c1-5-7-14(18-4)15(16-3)12-9-13(11-17-10-12)19-8-6-2/h9-11,14-16H,5-8H2,1-4H3. The molecule has 0 bridgehead atoms. The van der Waals surface area contributed by atoms with Gasteiger partial charge in [-0.25, -0.2) is 0 Å². The molecule has 0 aromatic carbocycles. The summed E-state index contributed by atoms with van der Waals surface area (Å²) in [6.45, 7) is 4.98. The molecular formula is C15H26N2O2. The number of rotatable bonds is 9. The molecule has 4 nitrogen and oxygen atoms in total. The van der Waals surface area contributed by atoms with E-state index in [2.05, 4.69) is 24.1 Å². The Morgan fingerprint density at radius 1 is 1.26 bits per heavy atom. The molecule has 108 valence electrons. The maximum absolute atomic E-state index is 5.63. The number of hydrogen-bond donors (Lipinski definition) is 1. The lowest BCUT2D eigenvalue weighted by Gasteiger charge is -2.25. The van der Waals surface area contributed by atoms with E-state index in [1.165, 1.54) is 0 Å². The minimum absolute atomic E-state index is 0.141. The number of aromatic nitrogens is 1. The SMILES string of the molecule is CCCOc1cncc(C(NC)C(CCC)OC)c1. The summed E-state index contributed by atoms with van der Waals surface area (Å²) in [4.78, 5) is 4.26. The van der Waals surface area contributed by atoms with Gasteiger partial charge in [0.25, 0.3) is 0 Å². The molecule has 0 spiro atoms. The van der Waals surface area contributed by atoms with Crippen molar-refractivity contribution in [3.8, 4) is 5.75 Å². The van der Waals surface area contributed by atoms with Crippen LogP contribution in [0.1, 0.15) is 44.7 Å². The van der Waals surface area contributed by atoms with E-state index < -0.39 is 0 Å². The lowest BCUT2D eigenvalue weighted by molar-refractivity contribution is 0.0628. The van der Waals surface area contributed by atoms with Gasteiger partial charge in [-0.2, -0.15) is 0 Å². The van der Waals surface area contributed by atoms with Gasteiger partial charge in [0.05, 0.1) is 24.9 Å². The lowest BCUT2D eigenvalue weighted by Crippen LogP contribution is -2.31. The zero-order valence-electron chi connectivity index (χ0n) is 12.5. The Morgan fingerprint density at radius 3 is 2.63 bits per heavy atom. The number of hydrogen-bond acceptors (Lipinski definition) is 4. The van der Waals surface area contributed by atoms with Crippen LogP contribution in [0.25, 0.3) is 0 Å². The molecule has 0 aliphatic heterocycles. The molecule has 0 aliphatic rings. The van der Waals surface area contributed by atoms with Crippen LogP contribution in [0.15, 0.2) is 18.5 Å². The van der Waals surface area contributed by atoms with Crippen LogP contribution in [0.5, 0.6) is 5.75 Å². The molecule has 2 atom stereocenters. The van der Waals surface area contributed by atoms with Crippen molar-refractivity contribution in [2.24, 2.45) is 0 Å². The van der Waals surface area contributed by atoms with E-state index in [0.717, 1.165) is 37.2 Å². The van der Waals surface area contributed by atoms with Gasteiger partial charge in [0.2, 0.25) is 0 Å². The minimum Gasteiger partial charge on any atom is -0.492 e. The second-order valence-corrected chi connectivity index (χ2v) is 4.63. The van der Waals surface area contributed by atoms with Crippen LogP contribution < -0.4 is 10.1 Å². The first-order chi connectivity index (χ1) is 9.26. The van der Waals surface area contributed by atoms with Crippen molar-refractivity contribution in [3.63, 3.8) is 0 Å². The average Bonchev–Trinajstić information content (AvgIpc) is 2.45. The van der Waals surface area contributed by atoms with Gasteiger partial charge in [-0.05, 0) is 31.5 Å². The summed E-state index contributed by atoms with van der Waals surface area (Å²) in [5.41, 5.74) is 1.11. The average molecular weight is 266 g/mol. The summed E-state index contributed by atoms with van der Waals surface area (Å²) in [6.07, 6.45) is 6.89. The second kappa shape index (κ2) is 8.88. The van der Waals surface area contributed by atoms with Crippen LogP contribution in [0.4, 0.5) is 0 Å². The molecule has 1 aromatic rings. The minimum atomic E-state index is 0.141. The predicted octanol–water partition coefficient (Wildman–Crippen LogP) is 2.95. The van der Waals surface area contributed by atoms with E-state index in [4.69, 9.17) is 9.47 Å². The van der Waals surface area contributed by atoms with Gasteiger partial charge >= 0.3 is 0 Å². The van der Waals surface area contributed by atoms with Crippen LogP contribution in [-0.4, -0.2) is 31.9 Å². The highest BCUT2D eigenvalue weighted by Crippen LogP contribution is 2.24. The molecular weight excluding hydrogens is 240 g/mol. The Hall–Kier alpha value is -1.13. The molecule has 4 heteroatoms. The number of ether oxygens (including phenoxy) is 2. The Bertz CT molecular complexity index is 358. The van der Waals surface area contributed by atoms with Crippen LogP contribution in [-0.2, 0) is 4.74 Å². The molecule has 1 rings (SSSR count). The molecule has 0 radical (unpaired) electrons. The Labute approximate surface area is 116 Å². The largest absolute Gasteiger partial charge is 0.492 e. The van der Waals surface area contributed by atoms with Gasteiger partial charge in [-0.3, -0.25) is 4.98 Å². The summed E-state index contributed by atoms with van der Waals surface area (Å²) >= 11 is 0. The number of likely N-dealkylation sites (N-methyl/N-ethyl adjacent to an activating group) is 1. The van der Waals surface area contributed by atoms with Crippen LogP contribution in [0, 0.1) is 0 Å². The van der Waals surface area contributed by atoms with Crippen molar-refractivity contribution in [3.05, 3.63) is 24.0 Å². The number of nitrogens with one attached hydrogen (secondary N) is 1. The smallest absolute Gasteiger partial charge is 0.137 e. The Balaban J connectivity index is 2.84. The van der Waals surface area contributed by atoms with Crippen LogP contribution in [0.2, 0.25) is 0 Å². The monoisotopic (exact) mass is 266 g/mol. The van der Waals surface area contributed by atoms with Crippen molar-refractivity contribution in [2.45, 2.75) is 45.3 Å². The molecule has 19 heavy (non-hydrogen) atoms. The summed E-state index contributed by atoms with van der Waals surface area (Å²) in [5, 5.41) is 3.32. The van der Waals surface area contributed by atoms with Crippen LogP contribution in [0.3, 0.4) is 0 Å². The fraction of sp³-hybridized carbons (Fsp3) is 0.667. The third-order valence-corrected chi connectivity index (χ3v) is 3.13. The fourth-order valence-corrected chi connectivity index (χ4v) is 2.18. The van der Waals surface area contributed by atoms with Gasteiger partial charge in [0.15, 0.2) is 0 Å². The molecule has 0 fully saturated rings. The van der Waals surface area contributed by atoms with Crippen molar-refractivity contribution < 1.29 is 9.47 Å². The predicted molar refractivity (Wildman–Crippen MR) is 77.5 cm³/mol. The lowest BCUT2D eigenvalue weighted by atomic mass is 9.99. The summed E-state index contributed by atoms with van der Waals surface area (Å²) in [5.74, 6) is 0.825. The second-order valence-electron chi connectivity index (χ2n) is 4.63. The molecule has 1 N–H and O–H groups in total. The highest BCUT2D eigenvalue weighted by molar-refractivity contribution is 5.26. The Kier molecular flexibility index (Phi) is 7.45. The zero-order chi connectivity index (χ0) is 14.1. The summed E-state index contributed by atoms with van der Waals surface area (Å²) < 4.78 is 11.2. The van der Waals surface area contributed by atoms with Crippen molar-refractivity contribution in [1.29, 1.82) is 0 Å². The highest BCUT2D eigenvalue weighted by Gasteiger charge is 2.21. The third-order valence-electron chi connectivity index (χ3n) is 3.13. The van der Waals surface area contributed by atoms with E-state index in [-0.39, 0.29) is 12.1 Å². The molecule has 1 heterocycles. The molecule has 2 unspecified atom stereocenters. The van der Waals surface area contributed by atoms with E-state index in [0.29, 0.717) is 0 Å². The zero-order valence-corrected chi connectivity index (χ0v) is 12.5. The van der Waals surface area contributed by atoms with Gasteiger partial charge in [-0.15, -0.1) is 0 Å². The van der Waals surface area contributed by atoms with E-state index in [1.807, 2.05) is 19.3 Å². The van der Waals surface area contributed by atoms with E-state index >= 15 is 0 Å². The van der Waals surface area contributed by atoms with Gasteiger partial charge < -0.3 is 14.8 Å². The molecule has 0 saturated heterocycles. The highest BCUT2D eigenvalue weighted by atomic mass is 16.5. The van der Waals surface area contributed by atoms with Crippen molar-refractivity contribution in [1.82, 2.24) is 10.3 Å². The summed E-state index contributed by atoms with van der Waals surface area (Å²) in [7, 11) is 3.71. The molecule has 0 saturated carbocycles. The molecule has 0 amide bonds. The molecule has 1 aromatic heterocycles. The van der Waals surface area contributed by atoms with Gasteiger partial charge in [0.1, 0.15) is 5.75 Å². The third kappa shape index (κ3) is 4.80. The van der Waals surface area contributed by atoms with Gasteiger partial charge in [-0.1, -0.05) is 20.3 Å². The maximum atomic E-state index is 5.63. The number of nitrogens with zero attached hydrogens (tertiary/aromatic N) is 1. The fourth-order valence-electron chi connectivity index (χ4n) is 2.18. The van der Waals surface area contributed by atoms with E-state index in [1.54, 1.807) is 13.3 Å². The van der Waals surface area contributed by atoms with E-state index in [9.17, 15) is 0 Å². The first kappa shape index (κ1) is 15.9. The van der Waals surface area contributed by atoms with Crippen molar-refractivity contribution in [2.75, 3.05) is 20.8 Å². The van der Waals surface area contributed by atoms with Gasteiger partial charge in [0, 0.05) is 13.3 Å². The normalized spacial score (nSPS) is 14.1. The Morgan fingerprint density at radius 2 is 2.05 bits per heavy atom. The van der Waals surface area contributed by atoms with Crippen LogP contribution >= 0.6 is 0 Å². The first-order valence-corrected chi connectivity index (χ1v) is 7.04. The quantitative estimate of drug-likeness (QED) is 0.746. The number of pyridine rings is 1. The molecule has 0 aliphatic carbocycles. The van der Waals surface area contributed by atoms with Crippen molar-refractivity contribution >= 4 is 0 Å². The topological polar surface area (TPSA) is 43.4 Å².